The zero-order chi connectivity index (χ0) is 25.3. The Labute approximate surface area is 207 Å². The molecule has 0 aliphatic heterocycles. The Morgan fingerprint density at radius 1 is 1.18 bits per heavy atom. The van der Waals surface area contributed by atoms with E-state index in [-0.39, 0.29) is 29.8 Å². The molecular formula is C25H38ClN5O3. The molecule has 34 heavy (non-hydrogen) atoms. The van der Waals surface area contributed by atoms with E-state index >= 15 is 0 Å². The number of nitrogens with zero attached hydrogens (tertiary/aromatic N) is 5. The molecule has 3 rings (SSSR count). The van der Waals surface area contributed by atoms with Crippen LogP contribution >= 0.6 is 11.6 Å². The van der Waals surface area contributed by atoms with Crippen LogP contribution in [0.15, 0.2) is 12.1 Å². The number of hydrogen-bond acceptors (Lipinski definition) is 6. The lowest BCUT2D eigenvalue weighted by Gasteiger charge is -2.35. The van der Waals surface area contributed by atoms with Crippen LogP contribution in [0.5, 0.6) is 0 Å². The number of halogens is 1. The summed E-state index contributed by atoms with van der Waals surface area (Å²) in [6.45, 7) is 14.4. The van der Waals surface area contributed by atoms with Crippen molar-refractivity contribution in [2.75, 3.05) is 32.1 Å². The van der Waals surface area contributed by atoms with E-state index in [4.69, 9.17) is 16.3 Å². The van der Waals surface area contributed by atoms with Crippen molar-refractivity contribution in [3.05, 3.63) is 23.0 Å². The maximum Gasteiger partial charge on any atom is 0.305 e. The van der Waals surface area contributed by atoms with Crippen LogP contribution in [0.2, 0.25) is 5.15 Å². The van der Waals surface area contributed by atoms with Gasteiger partial charge < -0.3 is 14.5 Å². The first kappa shape index (κ1) is 26.3. The molecule has 1 amide bonds. The van der Waals surface area contributed by atoms with Crippen molar-refractivity contribution in [1.29, 1.82) is 0 Å². The molecule has 0 N–H and O–H groups in total. The minimum absolute atomic E-state index is 0.171. The van der Waals surface area contributed by atoms with Gasteiger partial charge in [-0.2, -0.15) is 9.61 Å². The summed E-state index contributed by atoms with van der Waals surface area (Å²) in [4.78, 5) is 33.3. The van der Waals surface area contributed by atoms with Crippen molar-refractivity contribution in [1.82, 2.24) is 19.5 Å². The van der Waals surface area contributed by atoms with Crippen LogP contribution in [0.3, 0.4) is 0 Å². The Hall–Kier alpha value is -2.35. The minimum Gasteiger partial charge on any atom is -0.469 e. The molecule has 8 nitrogen and oxygen atoms in total. The largest absolute Gasteiger partial charge is 0.469 e. The van der Waals surface area contributed by atoms with E-state index < -0.39 is 0 Å². The number of carbonyl (C=O) groups is 2. The van der Waals surface area contributed by atoms with Gasteiger partial charge >= 0.3 is 5.97 Å². The molecule has 1 aliphatic rings. The van der Waals surface area contributed by atoms with E-state index in [1.807, 2.05) is 6.07 Å². The fourth-order valence-corrected chi connectivity index (χ4v) is 4.79. The van der Waals surface area contributed by atoms with Crippen molar-refractivity contribution in [3.63, 3.8) is 0 Å². The van der Waals surface area contributed by atoms with Crippen LogP contribution in [0, 0.1) is 29.6 Å². The number of aromatic nitrogens is 3. The summed E-state index contributed by atoms with van der Waals surface area (Å²) in [5.74, 6) is 2.22. The summed E-state index contributed by atoms with van der Waals surface area (Å²) in [7, 11) is 3.18. The topological polar surface area (TPSA) is 80.0 Å². The van der Waals surface area contributed by atoms with Crippen LogP contribution in [-0.4, -0.2) is 64.7 Å². The molecule has 2 aromatic heterocycles. The predicted octanol–water partition coefficient (Wildman–Crippen LogP) is 4.41. The third-order valence-electron chi connectivity index (χ3n) is 7.13. The van der Waals surface area contributed by atoms with E-state index in [2.05, 4.69) is 56.5 Å². The fraction of sp³-hybridized carbons (Fsp3) is 0.680. The Kier molecular flexibility index (Phi) is 8.11. The van der Waals surface area contributed by atoms with Crippen molar-refractivity contribution < 1.29 is 14.3 Å². The van der Waals surface area contributed by atoms with E-state index in [0.717, 1.165) is 12.4 Å². The summed E-state index contributed by atoms with van der Waals surface area (Å²) >= 11 is 6.39. The molecule has 1 saturated carbocycles. The Morgan fingerprint density at radius 2 is 1.85 bits per heavy atom. The molecule has 0 bridgehead atoms. The first-order valence-corrected chi connectivity index (χ1v) is 12.5. The van der Waals surface area contributed by atoms with Gasteiger partial charge in [-0.25, -0.2) is 4.98 Å². The molecule has 188 valence electrons. The summed E-state index contributed by atoms with van der Waals surface area (Å²) in [6.07, 6.45) is 0.393. The molecule has 2 heterocycles. The second kappa shape index (κ2) is 10.5. The van der Waals surface area contributed by atoms with Crippen molar-refractivity contribution in [2.24, 2.45) is 29.6 Å². The molecule has 1 fully saturated rings. The Balaban J connectivity index is 1.86. The molecule has 4 unspecified atom stereocenters. The van der Waals surface area contributed by atoms with E-state index in [1.54, 1.807) is 22.5 Å². The van der Waals surface area contributed by atoms with Gasteiger partial charge in [-0.05, 0) is 36.5 Å². The van der Waals surface area contributed by atoms with Gasteiger partial charge in [-0.15, -0.1) is 0 Å². The highest BCUT2D eigenvalue weighted by Crippen LogP contribution is 2.48. The predicted molar refractivity (Wildman–Crippen MR) is 134 cm³/mol. The number of amides is 1. The smallest absolute Gasteiger partial charge is 0.305 e. The van der Waals surface area contributed by atoms with Gasteiger partial charge in [0, 0.05) is 44.7 Å². The van der Waals surface area contributed by atoms with Crippen molar-refractivity contribution in [2.45, 2.75) is 54.0 Å². The second-order valence-corrected chi connectivity index (χ2v) is 10.8. The quantitative estimate of drug-likeness (QED) is 0.362. The van der Waals surface area contributed by atoms with Gasteiger partial charge in [0.2, 0.25) is 0 Å². The average molecular weight is 492 g/mol. The Bertz CT molecular complexity index is 1040. The molecule has 4 atom stereocenters. The van der Waals surface area contributed by atoms with Gasteiger partial charge in [0.15, 0.2) is 11.3 Å². The maximum atomic E-state index is 13.2. The van der Waals surface area contributed by atoms with Crippen LogP contribution in [0.4, 0.5) is 5.82 Å². The van der Waals surface area contributed by atoms with Gasteiger partial charge in [-0.3, -0.25) is 9.59 Å². The number of methoxy groups -OCH3 is 1. The van der Waals surface area contributed by atoms with E-state index in [9.17, 15) is 9.59 Å². The summed E-state index contributed by atoms with van der Waals surface area (Å²) in [5.41, 5.74) is 0.880. The molecule has 1 aliphatic carbocycles. The summed E-state index contributed by atoms with van der Waals surface area (Å²) in [5, 5.41) is 5.03. The van der Waals surface area contributed by atoms with Crippen molar-refractivity contribution >= 4 is 34.9 Å². The van der Waals surface area contributed by atoms with Gasteiger partial charge in [-0.1, -0.05) is 46.2 Å². The van der Waals surface area contributed by atoms with E-state index in [0.29, 0.717) is 47.2 Å². The van der Waals surface area contributed by atoms with Crippen LogP contribution in [-0.2, 0) is 9.53 Å². The normalized spacial score (nSPS) is 20.6. The highest BCUT2D eigenvalue weighted by atomic mass is 35.5. The van der Waals surface area contributed by atoms with Crippen LogP contribution in [0.1, 0.15) is 58.5 Å². The van der Waals surface area contributed by atoms with Gasteiger partial charge in [0.25, 0.3) is 5.91 Å². The highest BCUT2D eigenvalue weighted by molar-refractivity contribution is 6.29. The zero-order valence-electron chi connectivity index (χ0n) is 21.6. The number of ether oxygens (including phenoxy) is 1. The standard InChI is InChI=1S/C25H38ClN5O3/c1-14(2)12-30(17(6)15(3)4)23-11-21(26)27-22-10-20(28-31(22)23)25(33)29(7)13-19-16(5)18(19)9-24(32)34-8/h10-11,14-19H,9,12-13H2,1-8H3. The first-order valence-electron chi connectivity index (χ1n) is 12.1. The monoisotopic (exact) mass is 491 g/mol. The number of esters is 1. The third-order valence-corrected chi connectivity index (χ3v) is 7.32. The zero-order valence-corrected chi connectivity index (χ0v) is 22.3. The second-order valence-electron chi connectivity index (χ2n) is 10.4. The molecule has 0 spiro atoms. The number of carbonyl (C=O) groups excluding carboxylic acids is 2. The summed E-state index contributed by atoms with van der Waals surface area (Å²) in [6, 6.07) is 3.77. The number of anilines is 1. The van der Waals surface area contributed by atoms with Crippen molar-refractivity contribution in [3.8, 4) is 0 Å². The molecule has 0 saturated heterocycles. The third kappa shape index (κ3) is 5.65. The van der Waals surface area contributed by atoms with Gasteiger partial charge in [0.1, 0.15) is 11.0 Å². The lowest BCUT2D eigenvalue weighted by atomic mass is 10.0. The number of hydrogen-bond donors (Lipinski definition) is 0. The van der Waals surface area contributed by atoms with Gasteiger partial charge in [0.05, 0.1) is 7.11 Å². The Morgan fingerprint density at radius 3 is 2.44 bits per heavy atom. The van der Waals surface area contributed by atoms with Crippen LogP contribution in [0.25, 0.3) is 5.65 Å². The lowest BCUT2D eigenvalue weighted by Crippen LogP contribution is -2.40. The molecule has 2 aromatic rings. The molecule has 9 heteroatoms. The SMILES string of the molecule is COC(=O)CC1C(C)C1CN(C)C(=O)c1cc2nc(Cl)cc(N(CC(C)C)C(C)C(C)C)n2n1. The first-order chi connectivity index (χ1) is 15.9. The van der Waals surface area contributed by atoms with E-state index in [1.165, 1.54) is 7.11 Å². The number of fused-ring (bicyclic) bond motifs is 1. The molecule has 0 radical (unpaired) electrons. The number of rotatable bonds is 10. The average Bonchev–Trinajstić information content (AvgIpc) is 3.17. The fourth-order valence-electron chi connectivity index (χ4n) is 4.61. The molecular weight excluding hydrogens is 454 g/mol. The minimum atomic E-state index is -0.203. The lowest BCUT2D eigenvalue weighted by molar-refractivity contribution is -0.141. The van der Waals surface area contributed by atoms with Crippen LogP contribution < -0.4 is 4.90 Å². The highest BCUT2D eigenvalue weighted by Gasteiger charge is 2.48. The molecule has 0 aromatic carbocycles. The maximum absolute atomic E-state index is 13.2. The summed E-state index contributed by atoms with van der Waals surface area (Å²) < 4.78 is 6.52.